The lowest BCUT2D eigenvalue weighted by Crippen LogP contribution is -2.40. The Labute approximate surface area is 158 Å². The van der Waals surface area contributed by atoms with Crippen molar-refractivity contribution in [2.45, 2.75) is 45.5 Å². The van der Waals surface area contributed by atoms with Crippen LogP contribution in [-0.2, 0) is 15.8 Å². The highest BCUT2D eigenvalue weighted by Gasteiger charge is 2.37. The number of rotatable bonds is 6. The van der Waals surface area contributed by atoms with E-state index in [1.54, 1.807) is 6.07 Å². The summed E-state index contributed by atoms with van der Waals surface area (Å²) in [6.07, 6.45) is 3.79. The Kier molecular flexibility index (Phi) is 6.00. The molecule has 2 aromatic heterocycles. The third-order valence-electron chi connectivity index (χ3n) is 4.33. The maximum atomic E-state index is 10.6. The quantitative estimate of drug-likeness (QED) is 0.571. The number of pyridine rings is 1. The Morgan fingerprint density at radius 1 is 1.38 bits per heavy atom. The summed E-state index contributed by atoms with van der Waals surface area (Å²) in [4.78, 5) is 14.7. The second-order valence-electron chi connectivity index (χ2n) is 7.31. The molecule has 1 N–H and O–H groups in total. The molecule has 0 radical (unpaired) electrons. The fourth-order valence-corrected chi connectivity index (χ4v) is 2.87. The Morgan fingerprint density at radius 3 is 2.65 bits per heavy atom. The lowest BCUT2D eigenvalue weighted by molar-refractivity contribution is -0.131. The second kappa shape index (κ2) is 7.69. The number of carboxylic acid groups (broad SMARTS) is 1. The number of nitrogens with zero attached hydrogens (tertiary/aromatic N) is 3. The summed E-state index contributed by atoms with van der Waals surface area (Å²) >= 11 is 6.13. The summed E-state index contributed by atoms with van der Waals surface area (Å²) in [5.74, 6) is -0.409. The number of hydrogen-bond donors (Lipinski definition) is 1. The number of halogens is 1. The van der Waals surface area contributed by atoms with E-state index in [4.69, 9.17) is 25.6 Å². The minimum Gasteiger partial charge on any atom is -0.478 e. The van der Waals surface area contributed by atoms with Crippen molar-refractivity contribution in [2.24, 2.45) is 0 Å². The minimum atomic E-state index is -1.91. The molecule has 140 valence electrons. The molecule has 0 saturated heterocycles. The van der Waals surface area contributed by atoms with Gasteiger partial charge in [-0.3, -0.25) is 4.98 Å². The van der Waals surface area contributed by atoms with Gasteiger partial charge in [0.05, 0.1) is 16.3 Å². The zero-order valence-corrected chi connectivity index (χ0v) is 17.2. The molecule has 0 bridgehead atoms. The molecule has 0 aliphatic heterocycles. The first kappa shape index (κ1) is 20.3. The van der Waals surface area contributed by atoms with Crippen LogP contribution in [0.4, 0.5) is 0 Å². The van der Waals surface area contributed by atoms with Crippen LogP contribution >= 0.6 is 11.6 Å². The predicted octanol–water partition coefficient (Wildman–Crippen LogP) is 4.40. The summed E-state index contributed by atoms with van der Waals surface area (Å²) < 4.78 is 11.7. The molecule has 2 heterocycles. The zero-order chi connectivity index (χ0) is 19.5. The highest BCUT2D eigenvalue weighted by atomic mass is 35.5. The summed E-state index contributed by atoms with van der Waals surface area (Å²) in [5.41, 5.74) is 0.896. The van der Waals surface area contributed by atoms with Gasteiger partial charge >= 0.3 is 5.97 Å². The SMILES string of the molecule is CC(C)(C)[Si](C)(C)OCc1nnc(-c2cnc(C=CC(=O)O)c(Cl)c2)o1. The fourth-order valence-electron chi connectivity index (χ4n) is 1.73. The Bertz CT molecular complexity index is 828. The van der Waals surface area contributed by atoms with E-state index in [0.29, 0.717) is 17.1 Å². The van der Waals surface area contributed by atoms with E-state index < -0.39 is 14.3 Å². The van der Waals surface area contributed by atoms with Crippen LogP contribution in [0.5, 0.6) is 0 Å². The number of carboxylic acids is 1. The molecule has 0 aliphatic carbocycles. The largest absolute Gasteiger partial charge is 0.478 e. The molecular formula is C17H22ClN3O4Si. The smallest absolute Gasteiger partial charge is 0.328 e. The van der Waals surface area contributed by atoms with Crippen molar-refractivity contribution < 1.29 is 18.7 Å². The number of hydrogen-bond acceptors (Lipinski definition) is 6. The summed E-state index contributed by atoms with van der Waals surface area (Å²) in [6, 6.07) is 1.60. The first-order valence-electron chi connectivity index (χ1n) is 8.03. The van der Waals surface area contributed by atoms with Crippen LogP contribution in [0.2, 0.25) is 23.2 Å². The average molecular weight is 396 g/mol. The van der Waals surface area contributed by atoms with Gasteiger partial charge in [-0.25, -0.2) is 4.79 Å². The van der Waals surface area contributed by atoms with E-state index >= 15 is 0 Å². The molecule has 2 aromatic rings. The third kappa shape index (κ3) is 5.00. The lowest BCUT2D eigenvalue weighted by Gasteiger charge is -2.35. The molecule has 0 saturated carbocycles. The molecule has 0 atom stereocenters. The third-order valence-corrected chi connectivity index (χ3v) is 9.11. The topological polar surface area (TPSA) is 98.3 Å². The molecular weight excluding hydrogens is 374 g/mol. The average Bonchev–Trinajstić information content (AvgIpc) is 2.99. The Morgan fingerprint density at radius 2 is 2.08 bits per heavy atom. The Balaban J connectivity index is 2.12. The van der Waals surface area contributed by atoms with Crippen molar-refractivity contribution in [1.29, 1.82) is 0 Å². The predicted molar refractivity (Wildman–Crippen MR) is 101 cm³/mol. The molecule has 9 heteroatoms. The Hall–Kier alpha value is -2.03. The van der Waals surface area contributed by atoms with E-state index in [-0.39, 0.29) is 22.6 Å². The molecule has 0 aromatic carbocycles. The molecule has 0 fully saturated rings. The molecule has 26 heavy (non-hydrogen) atoms. The van der Waals surface area contributed by atoms with Gasteiger partial charge in [-0.1, -0.05) is 32.4 Å². The van der Waals surface area contributed by atoms with Crippen molar-refractivity contribution in [3.8, 4) is 11.5 Å². The number of carbonyl (C=O) groups is 1. The summed E-state index contributed by atoms with van der Waals surface area (Å²) in [5, 5.41) is 17.0. The van der Waals surface area contributed by atoms with Crippen molar-refractivity contribution in [3.63, 3.8) is 0 Å². The van der Waals surface area contributed by atoms with E-state index in [1.807, 2.05) is 0 Å². The molecule has 0 aliphatic rings. The maximum absolute atomic E-state index is 10.6. The standard InChI is InChI=1S/C17H22ClN3O4Si/c1-17(2,3)26(4,5)24-10-14-20-21-16(25-14)11-8-12(18)13(19-9-11)6-7-15(22)23/h6-9H,10H2,1-5H3,(H,22,23). The number of aliphatic carboxylic acids is 1. The van der Waals surface area contributed by atoms with Gasteiger partial charge in [0.15, 0.2) is 8.32 Å². The van der Waals surface area contributed by atoms with Gasteiger partial charge in [0.2, 0.25) is 11.8 Å². The van der Waals surface area contributed by atoms with Crippen LogP contribution in [0.1, 0.15) is 32.4 Å². The first-order valence-corrected chi connectivity index (χ1v) is 11.3. The van der Waals surface area contributed by atoms with Crippen molar-refractivity contribution in [2.75, 3.05) is 0 Å². The molecule has 7 nitrogen and oxygen atoms in total. The van der Waals surface area contributed by atoms with Crippen molar-refractivity contribution in [1.82, 2.24) is 15.2 Å². The van der Waals surface area contributed by atoms with Gasteiger partial charge in [0, 0.05) is 12.3 Å². The van der Waals surface area contributed by atoms with E-state index in [1.165, 1.54) is 12.3 Å². The van der Waals surface area contributed by atoms with Gasteiger partial charge in [-0.15, -0.1) is 10.2 Å². The zero-order valence-electron chi connectivity index (χ0n) is 15.4. The monoisotopic (exact) mass is 395 g/mol. The summed E-state index contributed by atoms with van der Waals surface area (Å²) in [7, 11) is -1.91. The van der Waals surface area contributed by atoms with Crippen LogP contribution in [0, 0.1) is 0 Å². The van der Waals surface area contributed by atoms with Gasteiger partial charge in [-0.2, -0.15) is 0 Å². The van der Waals surface area contributed by atoms with Crippen LogP contribution in [-0.4, -0.2) is 34.6 Å². The van der Waals surface area contributed by atoms with Crippen molar-refractivity contribution >= 4 is 32.0 Å². The van der Waals surface area contributed by atoms with Gasteiger partial charge < -0.3 is 13.9 Å². The van der Waals surface area contributed by atoms with Gasteiger partial charge in [0.25, 0.3) is 0 Å². The van der Waals surface area contributed by atoms with E-state index in [0.717, 1.165) is 6.08 Å². The highest BCUT2D eigenvalue weighted by molar-refractivity contribution is 6.74. The number of aromatic nitrogens is 3. The molecule has 2 rings (SSSR count). The van der Waals surface area contributed by atoms with Gasteiger partial charge in [0.1, 0.15) is 6.61 Å². The van der Waals surface area contributed by atoms with E-state index in [2.05, 4.69) is 49.0 Å². The second-order valence-corrected chi connectivity index (χ2v) is 12.5. The van der Waals surface area contributed by atoms with E-state index in [9.17, 15) is 4.79 Å². The molecule has 0 spiro atoms. The lowest BCUT2D eigenvalue weighted by atomic mass is 10.2. The van der Waals surface area contributed by atoms with Crippen LogP contribution in [0.15, 0.2) is 22.8 Å². The molecule has 0 unspecified atom stereocenters. The van der Waals surface area contributed by atoms with Crippen LogP contribution in [0.25, 0.3) is 17.5 Å². The van der Waals surface area contributed by atoms with Crippen molar-refractivity contribution in [3.05, 3.63) is 34.9 Å². The fraction of sp³-hybridized carbons (Fsp3) is 0.412. The minimum absolute atomic E-state index is 0.0899. The maximum Gasteiger partial charge on any atom is 0.328 e. The normalized spacial score (nSPS) is 12.7. The van der Waals surface area contributed by atoms with Gasteiger partial charge in [-0.05, 0) is 30.3 Å². The molecule has 0 amide bonds. The summed E-state index contributed by atoms with van der Waals surface area (Å²) in [6.45, 7) is 11.0. The first-order chi connectivity index (χ1) is 12.0. The van der Waals surface area contributed by atoms with Crippen LogP contribution < -0.4 is 0 Å². The van der Waals surface area contributed by atoms with Crippen LogP contribution in [0.3, 0.4) is 0 Å². The highest BCUT2D eigenvalue weighted by Crippen LogP contribution is 2.37.